The normalized spacial score (nSPS) is 12.0. The largest absolute Gasteiger partial charge is 0.517 e. The second kappa shape index (κ2) is 67.2. The third kappa shape index (κ3) is 43.0. The molecule has 3 rings (SSSR count). The van der Waals surface area contributed by atoms with Crippen LogP contribution in [0.15, 0.2) is 51.1 Å². The highest BCUT2D eigenvalue weighted by Gasteiger charge is 2.45. The highest BCUT2D eigenvalue weighted by molar-refractivity contribution is 8.30. The van der Waals surface area contributed by atoms with Gasteiger partial charge < -0.3 is 9.29 Å². The zero-order valence-electron chi connectivity index (χ0n) is 71.5. The fourth-order valence-corrected chi connectivity index (χ4v) is 21.4. The van der Waals surface area contributed by atoms with Gasteiger partial charge in [-0.25, -0.2) is 4.79 Å². The molecule has 0 fully saturated rings. The van der Waals surface area contributed by atoms with Crippen molar-refractivity contribution in [3.63, 3.8) is 0 Å². The molecule has 3 aromatic carbocycles. The summed E-state index contributed by atoms with van der Waals surface area (Å²) in [5, 5.41) is 12.7. The average molecular weight is 1460 g/mol. The van der Waals surface area contributed by atoms with E-state index in [1.807, 2.05) is 0 Å². The lowest BCUT2D eigenvalue weighted by atomic mass is 9.94. The molecular weight excluding hydrogens is 1280 g/mol. The summed E-state index contributed by atoms with van der Waals surface area (Å²) >= 11 is 0. The minimum absolute atomic E-state index is 0.989. The van der Waals surface area contributed by atoms with Crippen LogP contribution in [0.5, 0.6) is 0 Å². The molecule has 3 nitrogen and oxygen atoms in total. The molecular formula is C100H178O3S. The number of carboxylic acid groups (broad SMARTS) is 1. The molecule has 104 heavy (non-hydrogen) atoms. The number of unbranched alkanes of at least 4 members (excludes halogenated alkanes) is 54. The van der Waals surface area contributed by atoms with Gasteiger partial charge in [0.25, 0.3) is 0 Å². The molecule has 0 aromatic heterocycles. The van der Waals surface area contributed by atoms with Crippen LogP contribution in [0.1, 0.15) is 517 Å². The summed E-state index contributed by atoms with van der Waals surface area (Å²) in [4.78, 5) is 19.6. The van der Waals surface area contributed by atoms with E-state index in [0.717, 1.165) is 96.3 Å². The lowest BCUT2D eigenvalue weighted by molar-refractivity contribution is 0.150. The summed E-state index contributed by atoms with van der Waals surface area (Å²) in [5.41, 5.74) is 13.3. The quantitative estimate of drug-likeness (QED) is 0.0573. The number of aryl methyl sites for hydroxylation is 9. The fraction of sp³-hybridized carbons (Fsp3) is 0.810. The van der Waals surface area contributed by atoms with Gasteiger partial charge in [0.05, 0.1) is 0 Å². The Kier molecular flexibility index (Phi) is 61.7. The van der Waals surface area contributed by atoms with Crippen molar-refractivity contribution in [1.82, 2.24) is 0 Å². The Morgan fingerprint density at radius 3 is 0.471 bits per heavy atom. The summed E-state index contributed by atoms with van der Waals surface area (Å²) in [6.45, 7) is 21.2. The maximum absolute atomic E-state index is 15.5. The van der Waals surface area contributed by atoms with Crippen molar-refractivity contribution in [2.75, 3.05) is 0 Å². The molecule has 602 valence electrons. The van der Waals surface area contributed by atoms with Gasteiger partial charge in [-0.05, 0) is 176 Å². The zero-order chi connectivity index (χ0) is 74.9. The van der Waals surface area contributed by atoms with E-state index in [9.17, 15) is 5.11 Å². The molecule has 0 saturated carbocycles. The molecule has 0 aliphatic heterocycles. The van der Waals surface area contributed by atoms with Crippen LogP contribution < -0.4 is 0 Å². The fourth-order valence-electron chi connectivity index (χ4n) is 17.2. The predicted molar refractivity (Wildman–Crippen MR) is 466 cm³/mol. The maximum atomic E-state index is 15.5. The Morgan fingerprint density at radius 2 is 0.337 bits per heavy atom. The molecule has 0 aliphatic rings. The van der Waals surface area contributed by atoms with Crippen LogP contribution in [-0.4, -0.2) is 11.3 Å². The minimum Gasteiger partial charge on any atom is -0.449 e. The smallest absolute Gasteiger partial charge is 0.449 e. The number of hydrogen-bond donors (Lipinski definition) is 1. The summed E-state index contributed by atoms with van der Waals surface area (Å²) in [5.74, 6) is 0. The highest BCUT2D eigenvalue weighted by Crippen LogP contribution is 2.75. The van der Waals surface area contributed by atoms with Gasteiger partial charge in [0.15, 0.2) is 0 Å². The number of rotatable bonds is 76. The van der Waals surface area contributed by atoms with Crippen LogP contribution >= 0.6 is 10.3 Å². The second-order valence-electron chi connectivity index (χ2n) is 33.5. The average Bonchev–Trinajstić information content (AvgIpc) is 0.707. The topological polar surface area (TPSA) is 46.5 Å². The Balaban J connectivity index is 2.90. The van der Waals surface area contributed by atoms with Crippen LogP contribution in [0.3, 0.4) is 0 Å². The van der Waals surface area contributed by atoms with E-state index in [4.69, 9.17) is 4.18 Å². The van der Waals surface area contributed by atoms with Crippen molar-refractivity contribution in [2.24, 2.45) is 0 Å². The maximum Gasteiger partial charge on any atom is 0.517 e. The Labute approximate surface area is 652 Å². The predicted octanol–water partition coefficient (Wildman–Crippen LogP) is 35.2. The van der Waals surface area contributed by atoms with E-state index in [0.29, 0.717) is 0 Å². The van der Waals surface area contributed by atoms with Crippen molar-refractivity contribution in [3.8, 4) is 0 Å². The van der Waals surface area contributed by atoms with E-state index < -0.39 is 16.5 Å². The molecule has 1 N–H and O–H groups in total. The van der Waals surface area contributed by atoms with Crippen molar-refractivity contribution in [1.29, 1.82) is 0 Å². The first-order chi connectivity index (χ1) is 51.2. The Hall–Kier alpha value is -2.72. The molecule has 0 spiro atoms. The van der Waals surface area contributed by atoms with Crippen molar-refractivity contribution in [2.45, 2.75) is 539 Å². The molecule has 0 heterocycles. The van der Waals surface area contributed by atoms with E-state index in [-0.39, 0.29) is 0 Å². The summed E-state index contributed by atoms with van der Waals surface area (Å²) in [6.07, 6.45) is 88.9. The monoisotopic (exact) mass is 1460 g/mol. The second-order valence-corrected chi connectivity index (χ2v) is 36.0. The van der Waals surface area contributed by atoms with Crippen LogP contribution in [0.4, 0.5) is 4.79 Å². The van der Waals surface area contributed by atoms with E-state index >= 15 is 4.79 Å². The summed E-state index contributed by atoms with van der Waals surface area (Å²) in [6, 6.07) is 16.4. The van der Waals surface area contributed by atoms with Gasteiger partial charge in [-0.15, -0.1) is 0 Å². The van der Waals surface area contributed by atoms with Crippen LogP contribution in [0.25, 0.3) is 0 Å². The number of carbonyl (C=O) groups is 1. The van der Waals surface area contributed by atoms with Crippen molar-refractivity contribution < 1.29 is 14.1 Å². The van der Waals surface area contributed by atoms with Gasteiger partial charge in [-0.1, -0.05) is 445 Å². The van der Waals surface area contributed by atoms with Gasteiger partial charge in [0, 0.05) is 14.7 Å². The lowest BCUT2D eigenvalue weighted by Gasteiger charge is -2.46. The first-order valence-corrected chi connectivity index (χ1v) is 49.0. The Bertz CT molecular complexity index is 2080. The molecule has 4 heteroatoms. The van der Waals surface area contributed by atoms with Gasteiger partial charge in [-0.2, -0.15) is 0 Å². The van der Waals surface area contributed by atoms with Crippen molar-refractivity contribution >= 4 is 16.5 Å². The molecule has 0 bridgehead atoms. The third-order valence-corrected chi connectivity index (χ3v) is 27.2. The first-order valence-electron chi connectivity index (χ1n) is 47.4. The van der Waals surface area contributed by atoms with Crippen LogP contribution in [0, 0.1) is 0 Å². The molecule has 0 saturated heterocycles. The number of hydrogen-bond acceptors (Lipinski definition) is 2. The molecule has 0 aliphatic carbocycles. The standard InChI is InChI=1S/C100H178O3S/c1-10-19-28-37-46-55-64-73-88-82-91(76-67-58-49-40-31-22-13-4)97(92(83-88)77-68-59-50-41-32-23-14-5)104(103-100(101)102,98-93(78-69-60-51-42-33-24-15-6)84-89(74-65-56-47-38-29-20-11-2)85-94(98)79-70-61-52-43-34-25-16-7)99-95(80-71-62-53-44-35-26-17-8)86-90(75-66-57-48-39-30-21-12-3)87-96(99)81-72-63-54-45-36-27-18-9/h82-87H,10-81H2,1-9H3,(H,101,102). The minimum atomic E-state index is -3.01. The van der Waals surface area contributed by atoms with Crippen LogP contribution in [0.2, 0.25) is 0 Å². The summed E-state index contributed by atoms with van der Waals surface area (Å²) in [7, 11) is -3.01. The van der Waals surface area contributed by atoms with E-state index in [1.165, 1.54) is 431 Å². The van der Waals surface area contributed by atoms with Crippen LogP contribution in [-0.2, 0) is 62.0 Å². The Morgan fingerprint density at radius 1 is 0.212 bits per heavy atom. The molecule has 0 amide bonds. The summed E-state index contributed by atoms with van der Waals surface area (Å²) < 4.78 is 8.03. The highest BCUT2D eigenvalue weighted by atomic mass is 32.3. The lowest BCUT2D eigenvalue weighted by Crippen LogP contribution is -2.22. The SMILES string of the molecule is CCCCCCCCCc1cc(CCCCCCCCC)c(S(OC(=O)O)(c2c(CCCCCCCCC)cc(CCCCCCCCC)cc2CCCCCCCCC)c2c(CCCCCCCCC)cc(CCCCCCCCC)cc2CCCCCCCCC)c(CCCCCCCCC)c1. The van der Waals surface area contributed by atoms with Crippen molar-refractivity contribution in [3.05, 3.63) is 86.5 Å². The number of benzene rings is 3. The van der Waals surface area contributed by atoms with Gasteiger partial charge >= 0.3 is 6.16 Å². The van der Waals surface area contributed by atoms with Gasteiger partial charge in [0.1, 0.15) is 0 Å². The molecule has 3 aromatic rings. The third-order valence-electron chi connectivity index (χ3n) is 23.5. The van der Waals surface area contributed by atoms with Gasteiger partial charge in [-0.3, -0.25) is 0 Å². The van der Waals surface area contributed by atoms with E-state index in [2.05, 4.69) is 98.7 Å². The zero-order valence-corrected chi connectivity index (χ0v) is 72.4. The molecule has 0 radical (unpaired) electrons. The van der Waals surface area contributed by atoms with E-state index in [1.54, 1.807) is 0 Å². The first kappa shape index (κ1) is 95.5. The molecule has 0 unspecified atom stereocenters. The van der Waals surface area contributed by atoms with Gasteiger partial charge in [0.2, 0.25) is 0 Å². The molecule has 0 atom stereocenters.